The third-order valence-electron chi connectivity index (χ3n) is 3.50. The Bertz CT molecular complexity index is 360. The van der Waals surface area contributed by atoms with Gasteiger partial charge in [-0.15, -0.1) is 0 Å². The fourth-order valence-corrected chi connectivity index (χ4v) is 2.62. The standard InChI is InChI=1S/C13H21N3O/c1-10-12(14-2)16-8-6-4-5-7-11(16)9-17-13(10)15-3/h11H,1,4-9H2,2-3H3/t11-/m0/s1. The molecule has 4 nitrogen and oxygen atoms in total. The van der Waals surface area contributed by atoms with Crippen molar-refractivity contribution < 1.29 is 4.74 Å². The van der Waals surface area contributed by atoms with Gasteiger partial charge in [-0.05, 0) is 12.8 Å². The number of ether oxygens (including phenoxy) is 1. The van der Waals surface area contributed by atoms with Crippen molar-refractivity contribution in [3.8, 4) is 0 Å². The molecule has 2 aliphatic rings. The maximum absolute atomic E-state index is 5.75. The van der Waals surface area contributed by atoms with Gasteiger partial charge in [-0.2, -0.15) is 0 Å². The van der Waals surface area contributed by atoms with Crippen LogP contribution in [0.4, 0.5) is 0 Å². The zero-order valence-corrected chi connectivity index (χ0v) is 10.8. The second-order valence-corrected chi connectivity index (χ2v) is 4.56. The first-order valence-corrected chi connectivity index (χ1v) is 6.30. The highest BCUT2D eigenvalue weighted by Gasteiger charge is 2.31. The minimum Gasteiger partial charge on any atom is -0.475 e. The van der Waals surface area contributed by atoms with Gasteiger partial charge in [-0.25, -0.2) is 0 Å². The summed E-state index contributed by atoms with van der Waals surface area (Å²) in [5.74, 6) is 1.59. The lowest BCUT2D eigenvalue weighted by atomic mass is 10.1. The van der Waals surface area contributed by atoms with Crippen molar-refractivity contribution in [3.05, 3.63) is 12.2 Å². The predicted molar refractivity (Wildman–Crippen MR) is 70.8 cm³/mol. The largest absolute Gasteiger partial charge is 0.475 e. The van der Waals surface area contributed by atoms with E-state index in [1.807, 2.05) is 7.05 Å². The number of aliphatic imine (C=N–C) groups is 2. The van der Waals surface area contributed by atoms with Gasteiger partial charge in [0.25, 0.3) is 0 Å². The number of amidine groups is 1. The van der Waals surface area contributed by atoms with E-state index < -0.39 is 0 Å². The molecule has 0 radical (unpaired) electrons. The van der Waals surface area contributed by atoms with Gasteiger partial charge < -0.3 is 9.64 Å². The van der Waals surface area contributed by atoms with Crippen LogP contribution in [0, 0.1) is 0 Å². The molecule has 2 aliphatic heterocycles. The molecule has 0 unspecified atom stereocenters. The van der Waals surface area contributed by atoms with Gasteiger partial charge in [0, 0.05) is 20.6 Å². The molecule has 0 aliphatic carbocycles. The fraction of sp³-hybridized carbons (Fsp3) is 0.692. The second kappa shape index (κ2) is 5.34. The van der Waals surface area contributed by atoms with Gasteiger partial charge in [-0.1, -0.05) is 19.4 Å². The van der Waals surface area contributed by atoms with Crippen molar-refractivity contribution in [2.45, 2.75) is 31.7 Å². The van der Waals surface area contributed by atoms with Gasteiger partial charge in [0.1, 0.15) is 12.4 Å². The molecule has 0 bridgehead atoms. The van der Waals surface area contributed by atoms with E-state index in [-0.39, 0.29) is 0 Å². The van der Waals surface area contributed by atoms with Crippen LogP contribution in [0.3, 0.4) is 0 Å². The normalized spacial score (nSPS) is 30.8. The summed E-state index contributed by atoms with van der Waals surface area (Å²) in [5.41, 5.74) is 0.819. The maximum Gasteiger partial charge on any atom is 0.219 e. The van der Waals surface area contributed by atoms with Crippen LogP contribution in [-0.2, 0) is 4.74 Å². The summed E-state index contributed by atoms with van der Waals surface area (Å²) in [6, 6.07) is 0.423. The van der Waals surface area contributed by atoms with E-state index in [1.54, 1.807) is 7.05 Å². The van der Waals surface area contributed by atoms with E-state index in [4.69, 9.17) is 4.74 Å². The molecule has 0 aromatic heterocycles. The average molecular weight is 235 g/mol. The summed E-state index contributed by atoms with van der Waals surface area (Å²) in [7, 11) is 3.56. The van der Waals surface area contributed by atoms with Crippen LogP contribution in [-0.4, -0.2) is 49.9 Å². The van der Waals surface area contributed by atoms with Crippen molar-refractivity contribution in [1.29, 1.82) is 0 Å². The van der Waals surface area contributed by atoms with Crippen LogP contribution in [0.5, 0.6) is 0 Å². The summed E-state index contributed by atoms with van der Waals surface area (Å²) in [5, 5.41) is 0. The second-order valence-electron chi connectivity index (χ2n) is 4.56. The third-order valence-corrected chi connectivity index (χ3v) is 3.50. The molecule has 1 atom stereocenters. The Kier molecular flexibility index (Phi) is 3.82. The van der Waals surface area contributed by atoms with E-state index >= 15 is 0 Å². The minimum atomic E-state index is 0.423. The molecule has 0 spiro atoms. The van der Waals surface area contributed by atoms with Crippen LogP contribution in [0.15, 0.2) is 22.1 Å². The molecule has 0 amide bonds. The smallest absolute Gasteiger partial charge is 0.219 e. The van der Waals surface area contributed by atoms with Gasteiger partial charge in [0.2, 0.25) is 5.90 Å². The van der Waals surface area contributed by atoms with Crippen molar-refractivity contribution in [3.63, 3.8) is 0 Å². The van der Waals surface area contributed by atoms with Crippen molar-refractivity contribution in [1.82, 2.24) is 4.90 Å². The molecular weight excluding hydrogens is 214 g/mol. The highest BCUT2D eigenvalue weighted by atomic mass is 16.5. The number of fused-ring (bicyclic) bond motifs is 1. The summed E-state index contributed by atoms with van der Waals surface area (Å²) < 4.78 is 5.75. The fourth-order valence-electron chi connectivity index (χ4n) is 2.62. The highest BCUT2D eigenvalue weighted by Crippen LogP contribution is 2.23. The van der Waals surface area contributed by atoms with Crippen LogP contribution in [0.1, 0.15) is 25.7 Å². The number of rotatable bonds is 0. The third kappa shape index (κ3) is 2.35. The zero-order valence-electron chi connectivity index (χ0n) is 10.8. The first-order chi connectivity index (χ1) is 8.27. The van der Waals surface area contributed by atoms with E-state index in [0.717, 1.165) is 18.0 Å². The van der Waals surface area contributed by atoms with Crippen molar-refractivity contribution >= 4 is 11.7 Å². The Hall–Kier alpha value is -1.32. The van der Waals surface area contributed by atoms with Gasteiger partial charge in [0.15, 0.2) is 0 Å². The zero-order chi connectivity index (χ0) is 12.3. The van der Waals surface area contributed by atoms with Gasteiger partial charge >= 0.3 is 0 Å². The van der Waals surface area contributed by atoms with Crippen LogP contribution < -0.4 is 0 Å². The molecule has 94 valence electrons. The van der Waals surface area contributed by atoms with E-state index in [1.165, 1.54) is 25.7 Å². The van der Waals surface area contributed by atoms with E-state index in [9.17, 15) is 0 Å². The molecule has 2 heterocycles. The number of hydrogen-bond donors (Lipinski definition) is 0. The Labute approximate surface area is 103 Å². The average Bonchev–Trinajstić information content (AvgIpc) is 2.62. The molecule has 0 saturated carbocycles. The SMILES string of the molecule is C=C1C(=NC)OC[C@@H]2CCCCCN2C1=NC. The summed E-state index contributed by atoms with van der Waals surface area (Å²) in [6.07, 6.45) is 4.96. The molecule has 2 rings (SSSR count). The van der Waals surface area contributed by atoms with Crippen molar-refractivity contribution in [2.24, 2.45) is 9.98 Å². The Balaban J connectivity index is 2.32. The molecule has 4 heteroatoms. The number of nitrogens with zero attached hydrogens (tertiary/aromatic N) is 3. The predicted octanol–water partition coefficient (Wildman–Crippen LogP) is 1.87. The molecule has 17 heavy (non-hydrogen) atoms. The minimum absolute atomic E-state index is 0.423. The Morgan fingerprint density at radius 2 is 2.06 bits per heavy atom. The molecule has 0 aromatic carbocycles. The monoisotopic (exact) mass is 235 g/mol. The van der Waals surface area contributed by atoms with Crippen LogP contribution in [0.2, 0.25) is 0 Å². The number of hydrogen-bond acceptors (Lipinski definition) is 3. The summed E-state index contributed by atoms with van der Waals surface area (Å²) in [4.78, 5) is 10.9. The summed E-state index contributed by atoms with van der Waals surface area (Å²) >= 11 is 0. The molecule has 2 fully saturated rings. The summed E-state index contributed by atoms with van der Waals surface area (Å²) in [6.45, 7) is 5.82. The molecule has 0 N–H and O–H groups in total. The first kappa shape index (κ1) is 12.1. The van der Waals surface area contributed by atoms with Gasteiger partial charge in [-0.3, -0.25) is 9.98 Å². The van der Waals surface area contributed by atoms with Crippen LogP contribution >= 0.6 is 0 Å². The lowest BCUT2D eigenvalue weighted by Gasteiger charge is -2.29. The highest BCUT2D eigenvalue weighted by molar-refractivity contribution is 6.20. The van der Waals surface area contributed by atoms with Crippen LogP contribution in [0.25, 0.3) is 0 Å². The lowest BCUT2D eigenvalue weighted by Crippen LogP contribution is -2.41. The van der Waals surface area contributed by atoms with Gasteiger partial charge in [0.05, 0.1) is 11.6 Å². The molecule has 0 aromatic rings. The molecule has 2 saturated heterocycles. The quantitative estimate of drug-likeness (QED) is 0.643. The maximum atomic E-state index is 5.75. The molecular formula is C13H21N3O. The van der Waals surface area contributed by atoms with E-state index in [2.05, 4.69) is 21.5 Å². The topological polar surface area (TPSA) is 37.2 Å². The Morgan fingerprint density at radius 1 is 1.24 bits per heavy atom. The Morgan fingerprint density at radius 3 is 2.76 bits per heavy atom. The lowest BCUT2D eigenvalue weighted by molar-refractivity contribution is 0.198. The first-order valence-electron chi connectivity index (χ1n) is 6.30. The van der Waals surface area contributed by atoms with E-state index in [0.29, 0.717) is 18.5 Å². The van der Waals surface area contributed by atoms with Crippen molar-refractivity contribution in [2.75, 3.05) is 27.2 Å².